The third kappa shape index (κ3) is 4.17. The number of rotatable bonds is 5. The van der Waals surface area contributed by atoms with Crippen LogP contribution in [-0.4, -0.2) is 23.2 Å². The maximum atomic E-state index is 14.0. The fourth-order valence-corrected chi connectivity index (χ4v) is 4.69. The number of thiocarbonyl (C=S) groups is 1. The highest BCUT2D eigenvalue weighted by molar-refractivity contribution is 7.80. The van der Waals surface area contributed by atoms with Crippen LogP contribution in [0.2, 0.25) is 0 Å². The first kappa shape index (κ1) is 22.7. The molecule has 1 N–H and O–H groups in total. The molecule has 0 saturated carbocycles. The molecule has 1 fully saturated rings. The van der Waals surface area contributed by atoms with Gasteiger partial charge in [-0.2, -0.15) is 0 Å². The Labute approximate surface area is 207 Å². The van der Waals surface area contributed by atoms with Crippen LogP contribution < -0.4 is 10.2 Å². The van der Waals surface area contributed by atoms with Gasteiger partial charge in [-0.15, -0.1) is 0 Å². The standard InChI is InChI=1S/C27H22FN3O3S/c1-16-15-17(10-11-20(16)28)31-25(24(30-27(31)35)21-9-5-6-14-29-21)23-13-12-22(34-23)18-7-3-4-8-19(18)26(32)33-2/h3-15,24-25H,1-2H3,(H,30,35)/t24-,25-/m0/s1. The number of pyridine rings is 1. The number of aromatic nitrogens is 1. The van der Waals surface area contributed by atoms with Gasteiger partial charge in [-0.05, 0) is 73.2 Å². The Kier molecular flexibility index (Phi) is 6.05. The van der Waals surface area contributed by atoms with Crippen LogP contribution in [0.3, 0.4) is 0 Å². The first-order valence-corrected chi connectivity index (χ1v) is 11.4. The first-order chi connectivity index (χ1) is 17.0. The van der Waals surface area contributed by atoms with E-state index in [1.807, 2.05) is 47.4 Å². The van der Waals surface area contributed by atoms with Crippen molar-refractivity contribution >= 4 is 29.0 Å². The zero-order valence-corrected chi connectivity index (χ0v) is 19.9. The van der Waals surface area contributed by atoms with Crippen LogP contribution in [0, 0.1) is 12.7 Å². The minimum atomic E-state index is -0.447. The van der Waals surface area contributed by atoms with Gasteiger partial charge < -0.3 is 19.4 Å². The summed E-state index contributed by atoms with van der Waals surface area (Å²) in [4.78, 5) is 18.8. The second-order valence-electron chi connectivity index (χ2n) is 8.17. The number of hydrogen-bond acceptors (Lipinski definition) is 5. The quantitative estimate of drug-likeness (QED) is 0.284. The topological polar surface area (TPSA) is 67.6 Å². The van der Waals surface area contributed by atoms with Crippen LogP contribution in [0.1, 0.15) is 39.5 Å². The van der Waals surface area contributed by atoms with Gasteiger partial charge in [-0.25, -0.2) is 9.18 Å². The second-order valence-corrected chi connectivity index (χ2v) is 8.56. The average molecular weight is 488 g/mol. The number of hydrogen-bond donors (Lipinski definition) is 1. The molecule has 0 unspecified atom stereocenters. The minimum absolute atomic E-state index is 0.288. The van der Waals surface area contributed by atoms with Crippen molar-refractivity contribution in [3.05, 3.63) is 107 Å². The van der Waals surface area contributed by atoms with Crippen molar-refractivity contribution in [2.75, 3.05) is 12.0 Å². The number of halogens is 1. The summed E-state index contributed by atoms with van der Waals surface area (Å²) in [5.74, 6) is 0.403. The molecule has 1 saturated heterocycles. The molecule has 1 aliphatic heterocycles. The summed E-state index contributed by atoms with van der Waals surface area (Å²) < 4.78 is 25.3. The molecule has 0 bridgehead atoms. The number of nitrogens with zero attached hydrogens (tertiary/aromatic N) is 2. The predicted molar refractivity (Wildman–Crippen MR) is 135 cm³/mol. The number of esters is 1. The van der Waals surface area contributed by atoms with E-state index >= 15 is 0 Å². The number of furan rings is 1. The molecule has 2 atom stereocenters. The van der Waals surface area contributed by atoms with Gasteiger partial charge in [0, 0.05) is 17.4 Å². The van der Waals surface area contributed by atoms with Crippen molar-refractivity contribution < 1.29 is 18.3 Å². The number of carbonyl (C=O) groups excluding carboxylic acids is 1. The summed E-state index contributed by atoms with van der Waals surface area (Å²) >= 11 is 5.71. The fraction of sp³-hybridized carbons (Fsp3) is 0.148. The number of aryl methyl sites for hydroxylation is 1. The number of benzene rings is 2. The van der Waals surface area contributed by atoms with Gasteiger partial charge in [-0.1, -0.05) is 24.3 Å². The van der Waals surface area contributed by atoms with E-state index in [1.165, 1.54) is 13.2 Å². The Morgan fingerprint density at radius 1 is 1.11 bits per heavy atom. The summed E-state index contributed by atoms with van der Waals surface area (Å²) in [6, 6.07) is 20.6. The predicted octanol–water partition coefficient (Wildman–Crippen LogP) is 5.75. The van der Waals surface area contributed by atoms with E-state index in [2.05, 4.69) is 10.3 Å². The van der Waals surface area contributed by atoms with Crippen LogP contribution in [0.15, 0.2) is 83.4 Å². The maximum absolute atomic E-state index is 14.0. The average Bonchev–Trinajstić information content (AvgIpc) is 3.50. The van der Waals surface area contributed by atoms with E-state index in [0.29, 0.717) is 33.3 Å². The molecule has 0 amide bonds. The SMILES string of the molecule is COC(=O)c1ccccc1-c1ccc([C@H]2[C@H](c3ccccn3)NC(=S)N2c2ccc(F)c(C)c2)o1. The zero-order chi connectivity index (χ0) is 24.5. The normalized spacial score (nSPS) is 17.3. The number of anilines is 1. The first-order valence-electron chi connectivity index (χ1n) is 11.0. The van der Waals surface area contributed by atoms with E-state index in [-0.39, 0.29) is 11.9 Å². The summed E-state index contributed by atoms with van der Waals surface area (Å²) in [6.07, 6.45) is 1.72. The Morgan fingerprint density at radius 3 is 2.66 bits per heavy atom. The Morgan fingerprint density at radius 2 is 1.91 bits per heavy atom. The Balaban J connectivity index is 1.62. The lowest BCUT2D eigenvalue weighted by Gasteiger charge is -2.26. The van der Waals surface area contributed by atoms with Gasteiger partial charge in [-0.3, -0.25) is 4.98 Å². The van der Waals surface area contributed by atoms with Crippen molar-refractivity contribution in [1.82, 2.24) is 10.3 Å². The zero-order valence-electron chi connectivity index (χ0n) is 19.1. The second kappa shape index (κ2) is 9.31. The molecule has 0 spiro atoms. The number of ether oxygens (including phenoxy) is 1. The molecular formula is C27H22FN3O3S. The molecule has 5 rings (SSSR count). The molecule has 0 aliphatic carbocycles. The van der Waals surface area contributed by atoms with E-state index in [9.17, 15) is 9.18 Å². The van der Waals surface area contributed by atoms with Crippen molar-refractivity contribution in [2.45, 2.75) is 19.0 Å². The summed E-state index contributed by atoms with van der Waals surface area (Å²) in [5, 5.41) is 3.83. The van der Waals surface area contributed by atoms with E-state index in [4.69, 9.17) is 21.4 Å². The number of nitrogens with one attached hydrogen (secondary N) is 1. The molecule has 2 aromatic carbocycles. The van der Waals surface area contributed by atoms with Crippen molar-refractivity contribution in [3.63, 3.8) is 0 Å². The summed E-state index contributed by atoms with van der Waals surface area (Å²) in [6.45, 7) is 1.71. The van der Waals surface area contributed by atoms with Crippen LogP contribution in [-0.2, 0) is 4.74 Å². The van der Waals surface area contributed by atoms with Crippen LogP contribution >= 0.6 is 12.2 Å². The van der Waals surface area contributed by atoms with E-state index < -0.39 is 12.0 Å². The highest BCUT2D eigenvalue weighted by Crippen LogP contribution is 2.43. The van der Waals surface area contributed by atoms with E-state index in [0.717, 1.165) is 11.4 Å². The molecule has 8 heteroatoms. The molecule has 1 aliphatic rings. The molecular weight excluding hydrogens is 465 g/mol. The van der Waals surface area contributed by atoms with Gasteiger partial charge in [0.05, 0.1) is 24.4 Å². The third-order valence-electron chi connectivity index (χ3n) is 6.03. The van der Waals surface area contributed by atoms with Gasteiger partial charge in [0.1, 0.15) is 23.4 Å². The minimum Gasteiger partial charge on any atom is -0.465 e. The maximum Gasteiger partial charge on any atom is 0.338 e. The number of methoxy groups -OCH3 is 1. The molecule has 2 aromatic heterocycles. The van der Waals surface area contributed by atoms with Gasteiger partial charge >= 0.3 is 5.97 Å². The van der Waals surface area contributed by atoms with Crippen LogP contribution in [0.4, 0.5) is 10.1 Å². The third-order valence-corrected chi connectivity index (χ3v) is 6.35. The highest BCUT2D eigenvalue weighted by atomic mass is 32.1. The van der Waals surface area contributed by atoms with Gasteiger partial charge in [0.25, 0.3) is 0 Å². The lowest BCUT2D eigenvalue weighted by atomic mass is 10.0. The Hall–Kier alpha value is -4.04. The smallest absolute Gasteiger partial charge is 0.338 e. The lowest BCUT2D eigenvalue weighted by molar-refractivity contribution is 0.0601. The van der Waals surface area contributed by atoms with Crippen LogP contribution in [0.25, 0.3) is 11.3 Å². The van der Waals surface area contributed by atoms with Crippen LogP contribution in [0.5, 0.6) is 0 Å². The molecule has 4 aromatic rings. The van der Waals surface area contributed by atoms with Crippen molar-refractivity contribution in [1.29, 1.82) is 0 Å². The molecule has 3 heterocycles. The van der Waals surface area contributed by atoms with Gasteiger partial charge in [0.15, 0.2) is 5.11 Å². The molecule has 35 heavy (non-hydrogen) atoms. The lowest BCUT2D eigenvalue weighted by Crippen LogP contribution is -2.29. The summed E-state index contributed by atoms with van der Waals surface area (Å²) in [7, 11) is 1.35. The molecule has 6 nitrogen and oxygen atoms in total. The summed E-state index contributed by atoms with van der Waals surface area (Å²) in [5.41, 5.74) is 3.06. The van der Waals surface area contributed by atoms with E-state index in [1.54, 1.807) is 37.4 Å². The highest BCUT2D eigenvalue weighted by Gasteiger charge is 2.42. The van der Waals surface area contributed by atoms with Gasteiger partial charge in [0.2, 0.25) is 0 Å². The van der Waals surface area contributed by atoms with Crippen molar-refractivity contribution in [3.8, 4) is 11.3 Å². The van der Waals surface area contributed by atoms with Crippen molar-refractivity contribution in [2.24, 2.45) is 0 Å². The Bertz CT molecular complexity index is 1410. The molecule has 176 valence electrons. The molecule has 0 radical (unpaired) electrons. The number of carbonyl (C=O) groups is 1. The monoisotopic (exact) mass is 487 g/mol. The largest absolute Gasteiger partial charge is 0.465 e. The fourth-order valence-electron chi connectivity index (χ4n) is 4.34.